The lowest BCUT2D eigenvalue weighted by atomic mass is 9.78. The van der Waals surface area contributed by atoms with Gasteiger partial charge in [-0.1, -0.05) is 23.7 Å². The summed E-state index contributed by atoms with van der Waals surface area (Å²) in [7, 11) is 0. The Kier molecular flexibility index (Phi) is 3.02. The molecular weight excluding hydrogens is 277 g/mol. The molecule has 0 fully saturated rings. The van der Waals surface area contributed by atoms with E-state index in [4.69, 9.17) is 11.6 Å². The minimum atomic E-state index is -0.728. The van der Waals surface area contributed by atoms with Gasteiger partial charge in [-0.05, 0) is 54.8 Å². The van der Waals surface area contributed by atoms with Crippen LogP contribution >= 0.6 is 11.6 Å². The molecule has 1 atom stereocenters. The summed E-state index contributed by atoms with van der Waals surface area (Å²) in [6.45, 7) is 1.86. The smallest absolute Gasteiger partial charge is 0.235 e. The van der Waals surface area contributed by atoms with Crippen molar-refractivity contribution in [3.8, 4) is 0 Å². The number of fused-ring (bicyclic) bond motifs is 1. The van der Waals surface area contributed by atoms with Gasteiger partial charge in [0, 0.05) is 10.7 Å². The quantitative estimate of drug-likeness (QED) is 0.892. The van der Waals surface area contributed by atoms with Crippen LogP contribution in [0.2, 0.25) is 5.02 Å². The van der Waals surface area contributed by atoms with Crippen LogP contribution in [0, 0.1) is 5.82 Å². The van der Waals surface area contributed by atoms with Crippen molar-refractivity contribution in [1.29, 1.82) is 0 Å². The van der Waals surface area contributed by atoms with Gasteiger partial charge >= 0.3 is 0 Å². The predicted molar refractivity (Wildman–Crippen MR) is 77.5 cm³/mol. The molecular formula is C16H13ClFNO. The fourth-order valence-corrected chi connectivity index (χ4v) is 2.87. The Morgan fingerprint density at radius 3 is 2.80 bits per heavy atom. The topological polar surface area (TPSA) is 29.1 Å². The highest BCUT2D eigenvalue weighted by Crippen LogP contribution is 2.41. The first kappa shape index (κ1) is 13.1. The van der Waals surface area contributed by atoms with Crippen molar-refractivity contribution in [2.24, 2.45) is 0 Å². The van der Waals surface area contributed by atoms with E-state index < -0.39 is 5.41 Å². The molecule has 2 aromatic carbocycles. The average Bonchev–Trinajstić information content (AvgIpc) is 2.62. The molecule has 0 saturated heterocycles. The van der Waals surface area contributed by atoms with Crippen LogP contribution < -0.4 is 5.32 Å². The molecule has 0 aromatic heterocycles. The van der Waals surface area contributed by atoms with Crippen molar-refractivity contribution < 1.29 is 9.18 Å². The Morgan fingerprint density at radius 1 is 1.25 bits per heavy atom. The molecule has 2 nitrogen and oxygen atoms in total. The zero-order valence-corrected chi connectivity index (χ0v) is 11.7. The summed E-state index contributed by atoms with van der Waals surface area (Å²) in [6.07, 6.45) is 0.434. The van der Waals surface area contributed by atoms with E-state index in [0.29, 0.717) is 11.4 Å². The van der Waals surface area contributed by atoms with Gasteiger partial charge in [-0.2, -0.15) is 0 Å². The van der Waals surface area contributed by atoms with E-state index in [9.17, 15) is 9.18 Å². The number of rotatable bonds is 2. The number of carbonyl (C=O) groups is 1. The molecule has 0 saturated carbocycles. The summed E-state index contributed by atoms with van der Waals surface area (Å²) in [4.78, 5) is 12.3. The number of hydrogen-bond acceptors (Lipinski definition) is 1. The number of benzene rings is 2. The van der Waals surface area contributed by atoms with E-state index >= 15 is 0 Å². The Hall–Kier alpha value is -1.87. The maximum Gasteiger partial charge on any atom is 0.235 e. The standard InChI is InChI=1S/C16H13ClFNO/c1-16(9-10-3-2-4-12(18)7-10)13-8-11(17)5-6-14(13)19-15(16)20/h2-8H,9H2,1H3,(H,19,20). The van der Waals surface area contributed by atoms with Crippen molar-refractivity contribution in [1.82, 2.24) is 0 Å². The van der Waals surface area contributed by atoms with Crippen LogP contribution in [0.3, 0.4) is 0 Å². The van der Waals surface area contributed by atoms with Gasteiger partial charge in [0.15, 0.2) is 0 Å². The molecule has 1 aliphatic heterocycles. The second kappa shape index (κ2) is 4.60. The lowest BCUT2D eigenvalue weighted by Gasteiger charge is -2.22. The molecule has 20 heavy (non-hydrogen) atoms. The average molecular weight is 290 g/mol. The van der Waals surface area contributed by atoms with Gasteiger partial charge in [-0.25, -0.2) is 4.39 Å². The maximum atomic E-state index is 13.3. The zero-order chi connectivity index (χ0) is 14.3. The molecule has 0 spiro atoms. The van der Waals surface area contributed by atoms with Crippen molar-refractivity contribution in [2.75, 3.05) is 5.32 Å². The van der Waals surface area contributed by atoms with Crippen LogP contribution in [-0.4, -0.2) is 5.91 Å². The van der Waals surface area contributed by atoms with Crippen LogP contribution in [0.25, 0.3) is 0 Å². The number of nitrogens with one attached hydrogen (secondary N) is 1. The highest BCUT2D eigenvalue weighted by molar-refractivity contribution is 6.31. The molecule has 1 aliphatic rings. The third-order valence-corrected chi connectivity index (χ3v) is 4.01. The van der Waals surface area contributed by atoms with Gasteiger partial charge in [-0.15, -0.1) is 0 Å². The molecule has 1 amide bonds. The van der Waals surface area contributed by atoms with E-state index in [2.05, 4.69) is 5.32 Å². The molecule has 0 aliphatic carbocycles. The third-order valence-electron chi connectivity index (χ3n) is 3.77. The van der Waals surface area contributed by atoms with Gasteiger partial charge < -0.3 is 5.32 Å². The zero-order valence-electron chi connectivity index (χ0n) is 10.9. The molecule has 1 heterocycles. The molecule has 4 heteroatoms. The number of amides is 1. The van der Waals surface area contributed by atoms with Crippen LogP contribution in [0.1, 0.15) is 18.1 Å². The van der Waals surface area contributed by atoms with Gasteiger partial charge in [0.05, 0.1) is 5.41 Å². The molecule has 102 valence electrons. The van der Waals surface area contributed by atoms with E-state index in [0.717, 1.165) is 16.8 Å². The van der Waals surface area contributed by atoms with E-state index in [-0.39, 0.29) is 11.7 Å². The van der Waals surface area contributed by atoms with Crippen LogP contribution in [0.5, 0.6) is 0 Å². The summed E-state index contributed by atoms with van der Waals surface area (Å²) in [5.74, 6) is -0.380. The van der Waals surface area contributed by atoms with Crippen LogP contribution in [0.4, 0.5) is 10.1 Å². The highest BCUT2D eigenvalue weighted by Gasteiger charge is 2.42. The Morgan fingerprint density at radius 2 is 2.05 bits per heavy atom. The summed E-state index contributed by atoms with van der Waals surface area (Å²) in [6, 6.07) is 11.7. The molecule has 2 aromatic rings. The molecule has 3 rings (SSSR count). The monoisotopic (exact) mass is 289 g/mol. The van der Waals surface area contributed by atoms with Crippen molar-refractivity contribution in [3.63, 3.8) is 0 Å². The normalized spacial score (nSPS) is 20.6. The summed E-state index contributed by atoms with van der Waals surface area (Å²) < 4.78 is 13.3. The van der Waals surface area contributed by atoms with Crippen molar-refractivity contribution in [2.45, 2.75) is 18.8 Å². The van der Waals surface area contributed by atoms with E-state index in [1.165, 1.54) is 12.1 Å². The third kappa shape index (κ3) is 2.08. The van der Waals surface area contributed by atoms with Gasteiger partial charge in [0.2, 0.25) is 5.91 Å². The maximum absolute atomic E-state index is 13.3. The minimum Gasteiger partial charge on any atom is -0.325 e. The largest absolute Gasteiger partial charge is 0.325 e. The molecule has 1 unspecified atom stereocenters. The number of anilines is 1. The Bertz CT molecular complexity index is 701. The van der Waals surface area contributed by atoms with E-state index in [1.807, 2.05) is 13.0 Å². The van der Waals surface area contributed by atoms with Gasteiger partial charge in [0.25, 0.3) is 0 Å². The first-order chi connectivity index (χ1) is 9.49. The number of hydrogen-bond donors (Lipinski definition) is 1. The second-order valence-corrected chi connectivity index (χ2v) is 5.72. The predicted octanol–water partition coefficient (Wildman–Crippen LogP) is 3.93. The molecule has 0 bridgehead atoms. The molecule has 1 N–H and O–H groups in total. The first-order valence-corrected chi connectivity index (χ1v) is 6.73. The molecule has 0 radical (unpaired) electrons. The first-order valence-electron chi connectivity index (χ1n) is 6.35. The fraction of sp³-hybridized carbons (Fsp3) is 0.188. The van der Waals surface area contributed by atoms with Gasteiger partial charge in [-0.3, -0.25) is 4.79 Å². The highest BCUT2D eigenvalue weighted by atomic mass is 35.5. The summed E-state index contributed by atoms with van der Waals surface area (Å²) in [5, 5.41) is 3.45. The second-order valence-electron chi connectivity index (χ2n) is 5.28. The van der Waals surface area contributed by atoms with Crippen LogP contribution in [0.15, 0.2) is 42.5 Å². The van der Waals surface area contributed by atoms with E-state index in [1.54, 1.807) is 24.3 Å². The lowest BCUT2D eigenvalue weighted by molar-refractivity contribution is -0.120. The number of halogens is 2. The lowest BCUT2D eigenvalue weighted by Crippen LogP contribution is -2.33. The summed E-state index contributed by atoms with van der Waals surface area (Å²) >= 11 is 6.03. The summed E-state index contributed by atoms with van der Waals surface area (Å²) in [5.41, 5.74) is 1.70. The SMILES string of the molecule is CC1(Cc2cccc(F)c2)C(=O)Nc2ccc(Cl)cc21. The van der Waals surface area contributed by atoms with Crippen molar-refractivity contribution in [3.05, 3.63) is 64.4 Å². The minimum absolute atomic E-state index is 0.0842. The Balaban J connectivity index is 2.04. The number of carbonyl (C=O) groups excluding carboxylic acids is 1. The van der Waals surface area contributed by atoms with Gasteiger partial charge in [0.1, 0.15) is 5.82 Å². The fourth-order valence-electron chi connectivity index (χ4n) is 2.70. The van der Waals surface area contributed by atoms with Crippen molar-refractivity contribution >= 4 is 23.2 Å². The van der Waals surface area contributed by atoms with Crippen LogP contribution in [-0.2, 0) is 16.6 Å². The Labute approximate surface area is 121 Å².